The highest BCUT2D eigenvalue weighted by Gasteiger charge is 2.20. The van der Waals surface area contributed by atoms with Gasteiger partial charge < -0.3 is 9.80 Å². The summed E-state index contributed by atoms with van der Waals surface area (Å²) in [6, 6.07) is 0.887. The highest BCUT2D eigenvalue weighted by atomic mass is 15.2. The lowest BCUT2D eigenvalue weighted by atomic mass is 10.0. The van der Waals surface area contributed by atoms with Crippen LogP contribution in [0, 0.1) is 0 Å². The third kappa shape index (κ3) is 2.13. The van der Waals surface area contributed by atoms with Crippen molar-refractivity contribution >= 4 is 0 Å². The minimum atomic E-state index is 0.189. The molecule has 0 aromatic rings. The van der Waals surface area contributed by atoms with E-state index in [9.17, 15) is 0 Å². The van der Waals surface area contributed by atoms with E-state index in [1.54, 1.807) is 0 Å². The first kappa shape index (κ1) is 5.86. The zero-order valence-corrected chi connectivity index (χ0v) is 8.08. The van der Waals surface area contributed by atoms with Crippen molar-refractivity contribution in [2.45, 2.75) is 18.9 Å². The molecule has 0 aliphatic carbocycles. The summed E-state index contributed by atoms with van der Waals surface area (Å²) in [6.07, 6.45) is 3.99. The summed E-state index contributed by atoms with van der Waals surface area (Å²) >= 11 is 0. The topological polar surface area (TPSA) is 6.48 Å². The monoisotopic (exact) mass is 181 g/mol. The predicted molar refractivity (Wildman–Crippen MR) is 55.5 cm³/mol. The Balaban J connectivity index is 2.04. The van der Waals surface area contributed by atoms with Gasteiger partial charge in [0.05, 0.1) is 4.11 Å². The van der Waals surface area contributed by atoms with Gasteiger partial charge in [0.1, 0.15) is 0 Å². The number of rotatable bonds is 1. The number of likely N-dealkylation sites (tertiary alicyclic amines) is 1. The summed E-state index contributed by atoms with van der Waals surface area (Å²) in [7, 11) is 2.11. The van der Waals surface area contributed by atoms with Crippen LogP contribution in [0.1, 0.15) is 17.0 Å². The molecular weight excluding hydrogens is 160 g/mol. The Morgan fingerprint density at radius 2 is 2.15 bits per heavy atom. The Bertz CT molecular complexity index is 330. The molecule has 0 aromatic carbocycles. The molecule has 1 fully saturated rings. The average Bonchev–Trinajstić information content (AvgIpc) is 2.25. The summed E-state index contributed by atoms with van der Waals surface area (Å²) in [5.41, 5.74) is 0. The Hall–Kier alpha value is -0.760. The zero-order chi connectivity index (χ0) is 11.7. The molecule has 0 radical (unpaired) electrons. The number of piperidine rings is 1. The first-order valence-electron chi connectivity index (χ1n) is 6.38. The van der Waals surface area contributed by atoms with Crippen LogP contribution in [0.15, 0.2) is 24.4 Å². The minimum Gasteiger partial charge on any atom is -0.371 e. The van der Waals surface area contributed by atoms with Crippen LogP contribution in [0.5, 0.6) is 0 Å². The van der Waals surface area contributed by atoms with Crippen molar-refractivity contribution in [3.8, 4) is 0 Å². The molecule has 72 valence electrons. The Morgan fingerprint density at radius 3 is 2.92 bits per heavy atom. The van der Waals surface area contributed by atoms with Crippen LogP contribution in [0.4, 0.5) is 0 Å². The molecule has 0 atom stereocenters. The van der Waals surface area contributed by atoms with Crippen molar-refractivity contribution in [1.29, 1.82) is 0 Å². The molecular formula is C11H18N2. The van der Waals surface area contributed by atoms with Gasteiger partial charge in [0.2, 0.25) is 0 Å². The first-order chi connectivity index (χ1) is 7.58. The van der Waals surface area contributed by atoms with Crippen LogP contribution in [-0.2, 0) is 0 Å². The number of hydrogen-bond acceptors (Lipinski definition) is 2. The molecule has 13 heavy (non-hydrogen) atoms. The van der Waals surface area contributed by atoms with Gasteiger partial charge in [0, 0.05) is 12.6 Å². The average molecular weight is 181 g/mol. The van der Waals surface area contributed by atoms with Crippen molar-refractivity contribution < 1.29 is 4.11 Å². The van der Waals surface area contributed by atoms with Crippen molar-refractivity contribution in [1.82, 2.24) is 9.80 Å². The summed E-state index contributed by atoms with van der Waals surface area (Å²) in [4.78, 5) is 4.26. The number of nitrogens with zero attached hydrogens (tertiary/aromatic N) is 2. The fraction of sp³-hybridized carbons (Fsp3) is 0.636. The Kier molecular flexibility index (Phi) is 1.79. The van der Waals surface area contributed by atoms with Gasteiger partial charge in [-0.2, -0.15) is 0 Å². The summed E-state index contributed by atoms with van der Waals surface area (Å²) < 4.78 is 23.0. The predicted octanol–water partition coefficient (Wildman–Crippen LogP) is 1.47. The van der Waals surface area contributed by atoms with Gasteiger partial charge in [-0.1, -0.05) is 12.1 Å². The van der Waals surface area contributed by atoms with E-state index in [-0.39, 0.29) is 6.05 Å². The van der Waals surface area contributed by atoms with Crippen LogP contribution in [0.25, 0.3) is 0 Å². The smallest absolute Gasteiger partial charge is 0.0814 e. The lowest BCUT2D eigenvalue weighted by molar-refractivity contribution is 0.169. The van der Waals surface area contributed by atoms with Crippen LogP contribution < -0.4 is 0 Å². The van der Waals surface area contributed by atoms with E-state index in [1.165, 1.54) is 6.08 Å². The van der Waals surface area contributed by atoms with Crippen LogP contribution in [0.2, 0.25) is 0 Å². The SMILES string of the molecule is [2H]C1=CC([2H])=C([2H])CN1C1CCN(C)CC1. The van der Waals surface area contributed by atoms with Crippen molar-refractivity contribution in [2.75, 3.05) is 26.7 Å². The second-order valence-electron chi connectivity index (χ2n) is 3.76. The van der Waals surface area contributed by atoms with Gasteiger partial charge in [0.25, 0.3) is 0 Å². The fourth-order valence-electron chi connectivity index (χ4n) is 1.88. The van der Waals surface area contributed by atoms with E-state index >= 15 is 0 Å². The second kappa shape index (κ2) is 3.97. The van der Waals surface area contributed by atoms with Crippen molar-refractivity contribution in [3.63, 3.8) is 0 Å². The normalized spacial score (nSPS) is 31.0. The molecule has 0 bridgehead atoms. The van der Waals surface area contributed by atoms with E-state index in [2.05, 4.69) is 11.9 Å². The molecule has 0 spiro atoms. The number of hydrogen-bond donors (Lipinski definition) is 0. The van der Waals surface area contributed by atoms with Crippen LogP contribution in [0.3, 0.4) is 0 Å². The third-order valence-corrected chi connectivity index (χ3v) is 2.78. The lowest BCUT2D eigenvalue weighted by Gasteiger charge is -2.36. The van der Waals surface area contributed by atoms with E-state index in [4.69, 9.17) is 4.11 Å². The summed E-state index contributed by atoms with van der Waals surface area (Å²) in [5, 5.41) is 0. The molecule has 0 amide bonds. The van der Waals surface area contributed by atoms with Gasteiger partial charge in [-0.3, -0.25) is 0 Å². The quantitative estimate of drug-likeness (QED) is 0.604. The molecule has 0 N–H and O–H groups in total. The molecule has 2 aliphatic heterocycles. The lowest BCUT2D eigenvalue weighted by Crippen LogP contribution is -2.41. The maximum atomic E-state index is 7.87. The molecule has 2 heterocycles. The molecule has 0 saturated carbocycles. The van der Waals surface area contributed by atoms with Crippen LogP contribution >= 0.6 is 0 Å². The Labute approximate surface area is 84.7 Å². The van der Waals surface area contributed by atoms with Gasteiger partial charge in [0.15, 0.2) is 0 Å². The van der Waals surface area contributed by atoms with Gasteiger partial charge in [-0.15, -0.1) is 0 Å². The zero-order valence-electron chi connectivity index (χ0n) is 11.1. The molecule has 2 heteroatoms. The standard InChI is InChI=1S/C11H18N2/c1-12-9-5-11(6-10-12)13-7-3-2-4-8-13/h2-4,7,11H,5-6,8-10H2,1H3/i2D,4D,7D. The summed E-state index contributed by atoms with van der Waals surface area (Å²) in [5.74, 6) is 0. The molecule has 2 aliphatic rings. The minimum absolute atomic E-state index is 0.189. The third-order valence-electron chi connectivity index (χ3n) is 2.78. The van der Waals surface area contributed by atoms with Crippen molar-refractivity contribution in [2.24, 2.45) is 0 Å². The first-order valence-corrected chi connectivity index (χ1v) is 4.88. The molecule has 2 nitrogen and oxygen atoms in total. The van der Waals surface area contributed by atoms with E-state index < -0.39 is 0 Å². The van der Waals surface area contributed by atoms with Gasteiger partial charge in [-0.05, 0) is 45.2 Å². The number of allylic oxidation sites excluding steroid dienone is 2. The molecule has 0 unspecified atom stereocenters. The van der Waals surface area contributed by atoms with Crippen LogP contribution in [-0.4, -0.2) is 42.5 Å². The molecule has 0 aromatic heterocycles. The maximum Gasteiger partial charge on any atom is 0.0814 e. The van der Waals surface area contributed by atoms with Gasteiger partial charge in [-0.25, -0.2) is 0 Å². The highest BCUT2D eigenvalue weighted by molar-refractivity contribution is 5.09. The molecule has 1 saturated heterocycles. The van der Waals surface area contributed by atoms with Crippen molar-refractivity contribution in [3.05, 3.63) is 24.4 Å². The van der Waals surface area contributed by atoms with Gasteiger partial charge >= 0.3 is 0 Å². The fourth-order valence-corrected chi connectivity index (χ4v) is 1.88. The van der Waals surface area contributed by atoms with E-state index in [0.29, 0.717) is 24.8 Å². The van der Waals surface area contributed by atoms with E-state index in [0.717, 1.165) is 25.9 Å². The summed E-state index contributed by atoms with van der Waals surface area (Å²) in [6.45, 7) is 2.54. The maximum absolute atomic E-state index is 7.87. The Morgan fingerprint density at radius 1 is 1.38 bits per heavy atom. The second-order valence-corrected chi connectivity index (χ2v) is 3.76. The molecule has 2 rings (SSSR count). The largest absolute Gasteiger partial charge is 0.371 e. The van der Waals surface area contributed by atoms with E-state index in [1.807, 2.05) is 4.90 Å². The highest BCUT2D eigenvalue weighted by Crippen LogP contribution is 2.16.